The fourth-order valence-electron chi connectivity index (χ4n) is 2.92. The summed E-state index contributed by atoms with van der Waals surface area (Å²) in [6.45, 7) is 0.872. The van der Waals surface area contributed by atoms with E-state index in [-0.39, 0.29) is 12.5 Å². The third-order valence-electron chi connectivity index (χ3n) is 4.17. The molecule has 2 unspecified atom stereocenters. The second kappa shape index (κ2) is 7.65. The number of benzene rings is 1. The van der Waals surface area contributed by atoms with E-state index in [1.165, 1.54) is 12.8 Å². The molecule has 3 nitrogen and oxygen atoms in total. The number of hydrogen-bond acceptors (Lipinski definition) is 2. The van der Waals surface area contributed by atoms with Gasteiger partial charge < -0.3 is 10.4 Å². The summed E-state index contributed by atoms with van der Waals surface area (Å²) in [6.07, 6.45) is 4.54. The highest BCUT2D eigenvalue weighted by molar-refractivity contribution is 6.17. The minimum atomic E-state index is -0.0563. The number of carbonyl (C=O) groups is 1. The largest absolute Gasteiger partial charge is 0.396 e. The minimum Gasteiger partial charge on any atom is -0.396 e. The van der Waals surface area contributed by atoms with E-state index in [4.69, 9.17) is 11.6 Å². The molecule has 2 atom stereocenters. The lowest BCUT2D eigenvalue weighted by atomic mass is 9.79. The van der Waals surface area contributed by atoms with Crippen LogP contribution in [0, 0.1) is 11.8 Å². The number of nitrogens with one attached hydrogen (secondary N) is 1. The molecule has 0 saturated heterocycles. The number of rotatable bonds is 5. The maximum atomic E-state index is 12.1. The molecule has 0 spiro atoms. The zero-order chi connectivity index (χ0) is 14.4. The molecule has 0 heterocycles. The van der Waals surface area contributed by atoms with E-state index in [2.05, 4.69) is 5.32 Å². The van der Waals surface area contributed by atoms with Gasteiger partial charge in [0, 0.05) is 24.6 Å². The first-order valence-electron chi connectivity index (χ1n) is 7.28. The van der Waals surface area contributed by atoms with Crippen molar-refractivity contribution in [2.45, 2.75) is 31.6 Å². The van der Waals surface area contributed by atoms with Crippen LogP contribution in [0.4, 0.5) is 0 Å². The molecule has 0 bridgehead atoms. The van der Waals surface area contributed by atoms with Gasteiger partial charge in [0.1, 0.15) is 0 Å². The summed E-state index contributed by atoms with van der Waals surface area (Å²) in [5.41, 5.74) is 1.60. The van der Waals surface area contributed by atoms with Gasteiger partial charge >= 0.3 is 0 Å². The van der Waals surface area contributed by atoms with Crippen LogP contribution >= 0.6 is 11.6 Å². The minimum absolute atomic E-state index is 0.0563. The van der Waals surface area contributed by atoms with Crippen molar-refractivity contribution in [3.63, 3.8) is 0 Å². The van der Waals surface area contributed by atoms with Crippen LogP contribution in [-0.4, -0.2) is 24.2 Å². The van der Waals surface area contributed by atoms with Gasteiger partial charge in [0.05, 0.1) is 0 Å². The molecule has 2 rings (SSSR count). The van der Waals surface area contributed by atoms with E-state index < -0.39 is 0 Å². The molecular formula is C16H22ClNO2. The van der Waals surface area contributed by atoms with E-state index in [1.807, 2.05) is 18.2 Å². The molecule has 1 aliphatic rings. The van der Waals surface area contributed by atoms with Gasteiger partial charge in [0.25, 0.3) is 5.91 Å². The van der Waals surface area contributed by atoms with E-state index in [0.29, 0.717) is 29.8 Å². The number of aliphatic hydroxyl groups is 1. The van der Waals surface area contributed by atoms with E-state index in [0.717, 1.165) is 18.4 Å². The van der Waals surface area contributed by atoms with Gasteiger partial charge in [-0.1, -0.05) is 25.0 Å². The normalized spacial score (nSPS) is 22.5. The maximum Gasteiger partial charge on any atom is 0.251 e. The fourth-order valence-corrected chi connectivity index (χ4v) is 3.08. The highest BCUT2D eigenvalue weighted by atomic mass is 35.5. The smallest absolute Gasteiger partial charge is 0.251 e. The molecule has 20 heavy (non-hydrogen) atoms. The first kappa shape index (κ1) is 15.3. The summed E-state index contributed by atoms with van der Waals surface area (Å²) in [5, 5.41) is 12.4. The second-order valence-electron chi connectivity index (χ2n) is 5.53. The first-order valence-corrected chi connectivity index (χ1v) is 7.82. The Labute approximate surface area is 125 Å². The van der Waals surface area contributed by atoms with Crippen LogP contribution in [0.15, 0.2) is 24.3 Å². The van der Waals surface area contributed by atoms with Gasteiger partial charge in [-0.3, -0.25) is 4.79 Å². The number of alkyl halides is 1. The summed E-state index contributed by atoms with van der Waals surface area (Å²) in [4.78, 5) is 12.1. The summed E-state index contributed by atoms with van der Waals surface area (Å²) in [6, 6.07) is 7.39. The highest BCUT2D eigenvalue weighted by Crippen LogP contribution is 2.29. The number of halogens is 1. The van der Waals surface area contributed by atoms with Gasteiger partial charge in [-0.2, -0.15) is 0 Å². The van der Waals surface area contributed by atoms with Crippen LogP contribution in [0.25, 0.3) is 0 Å². The molecule has 2 N–H and O–H groups in total. The Morgan fingerprint density at radius 3 is 2.75 bits per heavy atom. The molecule has 1 fully saturated rings. The van der Waals surface area contributed by atoms with Crippen molar-refractivity contribution in [3.05, 3.63) is 35.4 Å². The molecule has 1 aromatic carbocycles. The van der Waals surface area contributed by atoms with E-state index >= 15 is 0 Å². The third-order valence-corrected chi connectivity index (χ3v) is 4.48. The predicted molar refractivity (Wildman–Crippen MR) is 80.9 cm³/mol. The van der Waals surface area contributed by atoms with Crippen molar-refractivity contribution in [2.24, 2.45) is 11.8 Å². The van der Waals surface area contributed by atoms with E-state index in [9.17, 15) is 9.90 Å². The quantitative estimate of drug-likeness (QED) is 0.821. The van der Waals surface area contributed by atoms with Crippen molar-refractivity contribution < 1.29 is 9.90 Å². The van der Waals surface area contributed by atoms with Crippen LogP contribution in [-0.2, 0) is 5.88 Å². The lowest BCUT2D eigenvalue weighted by Crippen LogP contribution is -2.35. The molecule has 1 aliphatic carbocycles. The van der Waals surface area contributed by atoms with Crippen molar-refractivity contribution in [1.29, 1.82) is 0 Å². The summed E-state index contributed by atoms with van der Waals surface area (Å²) in [7, 11) is 0. The van der Waals surface area contributed by atoms with Gasteiger partial charge in [-0.15, -0.1) is 11.6 Å². The standard InChI is InChI=1S/C16H22ClNO2/c17-9-12-4-3-7-13(8-12)16(20)18-10-14-5-1-2-6-15(14)11-19/h3-4,7-8,14-15,19H,1-2,5-6,9-11H2,(H,18,20). The zero-order valence-electron chi connectivity index (χ0n) is 11.6. The molecular weight excluding hydrogens is 274 g/mol. The number of aliphatic hydroxyl groups excluding tert-OH is 1. The third kappa shape index (κ3) is 3.97. The lowest BCUT2D eigenvalue weighted by Gasteiger charge is -2.30. The number of hydrogen-bond donors (Lipinski definition) is 2. The van der Waals surface area contributed by atoms with E-state index in [1.54, 1.807) is 6.07 Å². The van der Waals surface area contributed by atoms with Gasteiger partial charge in [0.15, 0.2) is 0 Å². The number of amides is 1. The van der Waals surface area contributed by atoms with Crippen LogP contribution in [0.3, 0.4) is 0 Å². The molecule has 0 radical (unpaired) electrons. The number of carbonyl (C=O) groups excluding carboxylic acids is 1. The summed E-state index contributed by atoms with van der Waals surface area (Å²) in [5.74, 6) is 1.09. The Morgan fingerprint density at radius 1 is 1.30 bits per heavy atom. The van der Waals surface area contributed by atoms with Crippen molar-refractivity contribution in [3.8, 4) is 0 Å². The van der Waals surface area contributed by atoms with Gasteiger partial charge in [0.2, 0.25) is 0 Å². The van der Waals surface area contributed by atoms with Crippen LogP contribution in [0.2, 0.25) is 0 Å². The Balaban J connectivity index is 1.90. The second-order valence-corrected chi connectivity index (χ2v) is 5.80. The molecule has 1 aromatic rings. The molecule has 4 heteroatoms. The molecule has 0 aliphatic heterocycles. The van der Waals surface area contributed by atoms with Crippen LogP contribution in [0.1, 0.15) is 41.6 Å². The average Bonchev–Trinajstić information content (AvgIpc) is 2.52. The predicted octanol–water partition coefficient (Wildman–Crippen LogP) is 2.95. The van der Waals surface area contributed by atoms with Gasteiger partial charge in [-0.05, 0) is 42.4 Å². The molecule has 0 aromatic heterocycles. The summed E-state index contributed by atoms with van der Waals surface area (Å²) < 4.78 is 0. The highest BCUT2D eigenvalue weighted by Gasteiger charge is 2.24. The average molecular weight is 296 g/mol. The Morgan fingerprint density at radius 2 is 2.05 bits per heavy atom. The van der Waals surface area contributed by atoms with Crippen molar-refractivity contribution in [1.82, 2.24) is 5.32 Å². The zero-order valence-corrected chi connectivity index (χ0v) is 12.4. The summed E-state index contributed by atoms with van der Waals surface area (Å²) >= 11 is 5.78. The van der Waals surface area contributed by atoms with Crippen molar-refractivity contribution >= 4 is 17.5 Å². The topological polar surface area (TPSA) is 49.3 Å². The molecule has 110 valence electrons. The van der Waals surface area contributed by atoms with Gasteiger partial charge in [-0.25, -0.2) is 0 Å². The lowest BCUT2D eigenvalue weighted by molar-refractivity contribution is 0.0909. The Hall–Kier alpha value is -1.06. The van der Waals surface area contributed by atoms with Crippen LogP contribution in [0.5, 0.6) is 0 Å². The molecule has 1 amide bonds. The SMILES string of the molecule is O=C(NCC1CCCCC1CO)c1cccc(CCl)c1. The monoisotopic (exact) mass is 295 g/mol. The van der Waals surface area contributed by atoms with Crippen molar-refractivity contribution in [2.75, 3.05) is 13.2 Å². The molecule has 1 saturated carbocycles. The first-order chi connectivity index (χ1) is 9.74. The fraction of sp³-hybridized carbons (Fsp3) is 0.562. The van der Waals surface area contributed by atoms with Crippen LogP contribution < -0.4 is 5.32 Å². The Kier molecular flexibility index (Phi) is 5.86. The Bertz CT molecular complexity index is 450. The maximum absolute atomic E-state index is 12.1.